The van der Waals surface area contributed by atoms with Crippen LogP contribution in [0.2, 0.25) is 0 Å². The molecule has 0 aromatic carbocycles. The van der Waals surface area contributed by atoms with Gasteiger partial charge in [-0.2, -0.15) is 0 Å². The number of nitrogens with zero attached hydrogens (tertiary/aromatic N) is 5. The molecule has 4 rings (SSSR count). The number of nitrogens with one attached hydrogen (secondary N) is 1. The first-order valence-corrected chi connectivity index (χ1v) is 9.26. The minimum atomic E-state index is -0.240. The summed E-state index contributed by atoms with van der Waals surface area (Å²) in [6.45, 7) is 5.40. The normalized spacial score (nSPS) is 14.2. The van der Waals surface area contributed by atoms with Gasteiger partial charge >= 0.3 is 0 Å². The van der Waals surface area contributed by atoms with Crippen molar-refractivity contribution in [1.82, 2.24) is 20.3 Å². The monoisotopic (exact) mass is 378 g/mol. The molecule has 8 heteroatoms. The first-order chi connectivity index (χ1) is 13.7. The number of hydrogen-bond acceptors (Lipinski definition) is 7. The Hall–Kier alpha value is -3.42. The van der Waals surface area contributed by atoms with Crippen LogP contribution in [0.3, 0.4) is 0 Å². The van der Waals surface area contributed by atoms with E-state index in [0.717, 1.165) is 37.7 Å². The first kappa shape index (κ1) is 18.0. The van der Waals surface area contributed by atoms with Crippen molar-refractivity contribution in [2.45, 2.75) is 13.5 Å². The van der Waals surface area contributed by atoms with E-state index in [-0.39, 0.29) is 5.91 Å². The van der Waals surface area contributed by atoms with Gasteiger partial charge in [0.15, 0.2) is 0 Å². The third-order valence-corrected chi connectivity index (χ3v) is 4.61. The van der Waals surface area contributed by atoms with E-state index in [0.29, 0.717) is 23.9 Å². The van der Waals surface area contributed by atoms with Crippen LogP contribution in [0.5, 0.6) is 0 Å². The lowest BCUT2D eigenvalue weighted by atomic mass is 10.3. The molecule has 0 atom stereocenters. The van der Waals surface area contributed by atoms with Crippen LogP contribution >= 0.6 is 0 Å². The smallest absolute Gasteiger partial charge is 0.270 e. The maximum atomic E-state index is 12.5. The van der Waals surface area contributed by atoms with Gasteiger partial charge in [-0.05, 0) is 37.3 Å². The van der Waals surface area contributed by atoms with Gasteiger partial charge in [0.2, 0.25) is 5.95 Å². The summed E-state index contributed by atoms with van der Waals surface area (Å²) in [7, 11) is 0. The summed E-state index contributed by atoms with van der Waals surface area (Å²) in [6.07, 6.45) is 3.39. The first-order valence-electron chi connectivity index (χ1n) is 9.26. The second-order valence-corrected chi connectivity index (χ2v) is 6.62. The number of aryl methyl sites for hydroxylation is 1. The van der Waals surface area contributed by atoms with Gasteiger partial charge in [-0.1, -0.05) is 6.07 Å². The minimum Gasteiger partial charge on any atom is -0.467 e. The van der Waals surface area contributed by atoms with Gasteiger partial charge in [-0.25, -0.2) is 15.0 Å². The number of carbonyl (C=O) groups is 1. The molecule has 28 heavy (non-hydrogen) atoms. The van der Waals surface area contributed by atoms with Crippen molar-refractivity contribution in [3.05, 3.63) is 66.0 Å². The highest BCUT2D eigenvalue weighted by molar-refractivity contribution is 5.92. The summed E-state index contributed by atoms with van der Waals surface area (Å²) in [5.41, 5.74) is 1.13. The second kappa shape index (κ2) is 8.08. The number of amides is 1. The SMILES string of the molecule is Cc1cc(C(=O)NCc2ccco2)nc(N2CCN(c3ccccn3)CC2)n1. The van der Waals surface area contributed by atoms with E-state index in [1.165, 1.54) is 0 Å². The van der Waals surface area contributed by atoms with Crippen LogP contribution in [-0.2, 0) is 6.54 Å². The van der Waals surface area contributed by atoms with Crippen molar-refractivity contribution in [2.75, 3.05) is 36.0 Å². The Labute approximate surface area is 163 Å². The van der Waals surface area contributed by atoms with Crippen molar-refractivity contribution < 1.29 is 9.21 Å². The molecule has 0 spiro atoms. The Morgan fingerprint density at radius 3 is 2.64 bits per heavy atom. The molecule has 1 amide bonds. The van der Waals surface area contributed by atoms with Crippen LogP contribution in [0.4, 0.5) is 11.8 Å². The van der Waals surface area contributed by atoms with Gasteiger partial charge in [0.1, 0.15) is 17.3 Å². The molecule has 0 unspecified atom stereocenters. The standard InChI is InChI=1S/C20H22N6O2/c1-15-13-17(19(27)22-14-16-5-4-12-28-16)24-20(23-15)26-10-8-25(9-11-26)18-6-2-3-7-21-18/h2-7,12-13H,8-11,14H2,1H3,(H,22,27). The third-order valence-electron chi connectivity index (χ3n) is 4.61. The van der Waals surface area contributed by atoms with Gasteiger partial charge < -0.3 is 19.5 Å². The van der Waals surface area contributed by atoms with E-state index in [1.807, 2.05) is 31.2 Å². The van der Waals surface area contributed by atoms with Crippen molar-refractivity contribution in [2.24, 2.45) is 0 Å². The molecule has 3 aromatic heterocycles. The number of piperazine rings is 1. The molecular weight excluding hydrogens is 356 g/mol. The predicted octanol–water partition coefficient (Wildman–Crippen LogP) is 2.03. The molecule has 8 nitrogen and oxygen atoms in total. The topological polar surface area (TPSA) is 87.4 Å². The number of anilines is 2. The highest BCUT2D eigenvalue weighted by Crippen LogP contribution is 2.17. The zero-order valence-electron chi connectivity index (χ0n) is 15.7. The molecule has 1 aliphatic heterocycles. The summed E-state index contributed by atoms with van der Waals surface area (Å²) >= 11 is 0. The van der Waals surface area contributed by atoms with Gasteiger partial charge in [-0.15, -0.1) is 0 Å². The van der Waals surface area contributed by atoms with Crippen molar-refractivity contribution in [3.63, 3.8) is 0 Å². The molecule has 144 valence electrons. The molecule has 1 aliphatic rings. The Morgan fingerprint density at radius 2 is 1.93 bits per heavy atom. The quantitative estimate of drug-likeness (QED) is 0.727. The molecule has 1 fully saturated rings. The number of pyridine rings is 1. The van der Waals surface area contributed by atoms with Crippen molar-refractivity contribution >= 4 is 17.7 Å². The van der Waals surface area contributed by atoms with Crippen LogP contribution < -0.4 is 15.1 Å². The Bertz CT molecular complexity index is 921. The Kier molecular flexibility index (Phi) is 5.18. The van der Waals surface area contributed by atoms with Gasteiger partial charge in [0, 0.05) is 38.1 Å². The Balaban J connectivity index is 1.42. The molecule has 1 saturated heterocycles. The number of carbonyl (C=O) groups excluding carboxylic acids is 1. The average Bonchev–Trinajstić information content (AvgIpc) is 3.26. The lowest BCUT2D eigenvalue weighted by Crippen LogP contribution is -2.47. The van der Waals surface area contributed by atoms with Crippen LogP contribution in [0.15, 0.2) is 53.3 Å². The molecule has 0 bridgehead atoms. The summed E-state index contributed by atoms with van der Waals surface area (Å²) < 4.78 is 5.24. The number of hydrogen-bond donors (Lipinski definition) is 1. The van der Waals surface area contributed by atoms with E-state index >= 15 is 0 Å². The van der Waals surface area contributed by atoms with E-state index in [9.17, 15) is 4.79 Å². The zero-order valence-corrected chi connectivity index (χ0v) is 15.7. The molecule has 1 N–H and O–H groups in total. The second-order valence-electron chi connectivity index (χ2n) is 6.62. The van der Waals surface area contributed by atoms with E-state index in [2.05, 4.69) is 30.1 Å². The van der Waals surface area contributed by atoms with Crippen LogP contribution in [0.25, 0.3) is 0 Å². The molecule has 0 saturated carbocycles. The lowest BCUT2D eigenvalue weighted by Gasteiger charge is -2.35. The summed E-state index contributed by atoms with van der Waals surface area (Å²) in [5.74, 6) is 2.02. The maximum Gasteiger partial charge on any atom is 0.270 e. The van der Waals surface area contributed by atoms with Gasteiger partial charge in [-0.3, -0.25) is 4.79 Å². The van der Waals surface area contributed by atoms with Gasteiger partial charge in [0.25, 0.3) is 5.91 Å². The summed E-state index contributed by atoms with van der Waals surface area (Å²) in [6, 6.07) is 11.2. The van der Waals surface area contributed by atoms with Crippen LogP contribution in [0.1, 0.15) is 21.9 Å². The lowest BCUT2D eigenvalue weighted by molar-refractivity contribution is 0.0943. The predicted molar refractivity (Wildman–Crippen MR) is 105 cm³/mol. The van der Waals surface area contributed by atoms with Crippen LogP contribution in [-0.4, -0.2) is 47.0 Å². The number of furan rings is 1. The molecule has 0 aliphatic carbocycles. The zero-order chi connectivity index (χ0) is 19.3. The van der Waals surface area contributed by atoms with E-state index in [1.54, 1.807) is 24.6 Å². The summed E-state index contributed by atoms with van der Waals surface area (Å²) in [5, 5.41) is 2.83. The van der Waals surface area contributed by atoms with Crippen molar-refractivity contribution in [3.8, 4) is 0 Å². The fraction of sp³-hybridized carbons (Fsp3) is 0.300. The Morgan fingerprint density at radius 1 is 1.11 bits per heavy atom. The third kappa shape index (κ3) is 4.11. The minimum absolute atomic E-state index is 0.240. The fourth-order valence-electron chi connectivity index (χ4n) is 3.16. The largest absolute Gasteiger partial charge is 0.467 e. The molecule has 3 aromatic rings. The number of aromatic nitrogens is 3. The van der Waals surface area contributed by atoms with Crippen LogP contribution in [0, 0.1) is 6.92 Å². The maximum absolute atomic E-state index is 12.5. The number of rotatable bonds is 5. The average molecular weight is 378 g/mol. The van der Waals surface area contributed by atoms with Gasteiger partial charge in [0.05, 0.1) is 12.8 Å². The molecular formula is C20H22N6O2. The van der Waals surface area contributed by atoms with Crippen molar-refractivity contribution in [1.29, 1.82) is 0 Å². The molecule has 4 heterocycles. The van der Waals surface area contributed by atoms with E-state index < -0.39 is 0 Å². The molecule has 0 radical (unpaired) electrons. The summed E-state index contributed by atoms with van der Waals surface area (Å²) in [4.78, 5) is 30.3. The highest BCUT2D eigenvalue weighted by atomic mass is 16.3. The fourth-order valence-corrected chi connectivity index (χ4v) is 3.16. The highest BCUT2D eigenvalue weighted by Gasteiger charge is 2.21. The van der Waals surface area contributed by atoms with E-state index in [4.69, 9.17) is 4.42 Å².